The zero-order valence-corrected chi connectivity index (χ0v) is 15.3. The summed E-state index contributed by atoms with van der Waals surface area (Å²) < 4.78 is 1.87. The van der Waals surface area contributed by atoms with Gasteiger partial charge in [-0.05, 0) is 31.4 Å². The first-order valence-corrected chi connectivity index (χ1v) is 9.08. The highest BCUT2D eigenvalue weighted by Gasteiger charge is 2.27. The molecule has 2 aromatic rings. The summed E-state index contributed by atoms with van der Waals surface area (Å²) in [5.41, 5.74) is 2.46. The number of aromatic nitrogens is 3. The van der Waals surface area contributed by atoms with Crippen LogP contribution in [0.1, 0.15) is 47.8 Å². The molecule has 0 bridgehead atoms. The minimum absolute atomic E-state index is 0.00545. The molecule has 26 heavy (non-hydrogen) atoms. The number of aryl methyl sites for hydroxylation is 1. The van der Waals surface area contributed by atoms with Crippen LogP contribution in [-0.2, 0) is 17.9 Å². The second-order valence-corrected chi connectivity index (χ2v) is 6.72. The summed E-state index contributed by atoms with van der Waals surface area (Å²) in [6.45, 7) is 5.74. The van der Waals surface area contributed by atoms with Crippen molar-refractivity contribution in [3.05, 3.63) is 47.5 Å². The normalized spacial score (nSPS) is 16.5. The van der Waals surface area contributed by atoms with E-state index >= 15 is 0 Å². The Labute approximate surface area is 153 Å². The zero-order chi connectivity index (χ0) is 18.5. The largest absolute Gasteiger partial charge is 0.352 e. The van der Waals surface area contributed by atoms with Crippen LogP contribution < -0.4 is 5.32 Å². The summed E-state index contributed by atoms with van der Waals surface area (Å²) >= 11 is 0. The predicted octanol–water partition coefficient (Wildman–Crippen LogP) is 1.92. The number of carbonyl (C=O) groups is 2. The number of rotatable bonds is 7. The van der Waals surface area contributed by atoms with Crippen LogP contribution in [0.5, 0.6) is 0 Å². The van der Waals surface area contributed by atoms with Crippen LogP contribution in [0.4, 0.5) is 0 Å². The average Bonchev–Trinajstić information content (AvgIpc) is 3.21. The SMILES string of the molecule is CCCn1ncc(C(=O)N(Cc2cccnc2)C[C@@H]2CCC(=O)N2)c1C. The van der Waals surface area contributed by atoms with Crippen LogP contribution in [0.15, 0.2) is 30.7 Å². The molecule has 2 amide bonds. The van der Waals surface area contributed by atoms with Gasteiger partial charge in [-0.15, -0.1) is 0 Å². The van der Waals surface area contributed by atoms with Gasteiger partial charge in [0.25, 0.3) is 5.91 Å². The van der Waals surface area contributed by atoms with Crippen LogP contribution in [0.3, 0.4) is 0 Å². The van der Waals surface area contributed by atoms with E-state index in [0.29, 0.717) is 25.1 Å². The summed E-state index contributed by atoms with van der Waals surface area (Å²) in [6, 6.07) is 3.81. The van der Waals surface area contributed by atoms with Gasteiger partial charge in [-0.1, -0.05) is 13.0 Å². The van der Waals surface area contributed by atoms with Crippen molar-refractivity contribution in [2.45, 2.75) is 52.2 Å². The number of amides is 2. The molecule has 2 aromatic heterocycles. The standard InChI is InChI=1S/C19H25N5O2/c1-3-9-24-14(2)17(11-21-24)19(26)23(12-15-5-4-8-20-10-15)13-16-6-7-18(25)22-16/h4-5,8,10-11,16H,3,6-7,9,12-13H2,1-2H3,(H,22,25)/t16-/m0/s1. The monoisotopic (exact) mass is 355 g/mol. The molecule has 1 atom stereocenters. The Morgan fingerprint density at radius 1 is 1.42 bits per heavy atom. The third kappa shape index (κ3) is 4.09. The molecule has 7 heteroatoms. The topological polar surface area (TPSA) is 80.1 Å². The second-order valence-electron chi connectivity index (χ2n) is 6.72. The van der Waals surface area contributed by atoms with E-state index in [1.807, 2.05) is 23.7 Å². The maximum atomic E-state index is 13.2. The van der Waals surface area contributed by atoms with E-state index in [-0.39, 0.29) is 17.9 Å². The Morgan fingerprint density at radius 2 is 2.27 bits per heavy atom. The van der Waals surface area contributed by atoms with Gasteiger partial charge in [0.05, 0.1) is 11.8 Å². The van der Waals surface area contributed by atoms with E-state index < -0.39 is 0 Å². The number of carbonyl (C=O) groups excluding carboxylic acids is 2. The lowest BCUT2D eigenvalue weighted by molar-refractivity contribution is -0.119. The van der Waals surface area contributed by atoms with Crippen LogP contribution >= 0.6 is 0 Å². The highest BCUT2D eigenvalue weighted by atomic mass is 16.2. The van der Waals surface area contributed by atoms with Crippen LogP contribution in [-0.4, -0.2) is 44.1 Å². The number of pyridine rings is 1. The van der Waals surface area contributed by atoms with Gasteiger partial charge in [-0.25, -0.2) is 0 Å². The lowest BCUT2D eigenvalue weighted by atomic mass is 10.1. The van der Waals surface area contributed by atoms with E-state index in [9.17, 15) is 9.59 Å². The molecule has 138 valence electrons. The van der Waals surface area contributed by atoms with Crippen molar-refractivity contribution in [1.82, 2.24) is 25.0 Å². The molecule has 1 saturated heterocycles. The number of hydrogen-bond acceptors (Lipinski definition) is 4. The lowest BCUT2D eigenvalue weighted by Crippen LogP contribution is -2.41. The highest BCUT2D eigenvalue weighted by molar-refractivity contribution is 5.95. The fourth-order valence-electron chi connectivity index (χ4n) is 3.28. The van der Waals surface area contributed by atoms with E-state index in [1.165, 1.54) is 0 Å². The Morgan fingerprint density at radius 3 is 2.92 bits per heavy atom. The molecule has 1 N–H and O–H groups in total. The molecule has 0 aromatic carbocycles. The van der Waals surface area contributed by atoms with E-state index in [4.69, 9.17) is 0 Å². The Hall–Kier alpha value is -2.70. The van der Waals surface area contributed by atoms with Gasteiger partial charge in [0.15, 0.2) is 0 Å². The van der Waals surface area contributed by atoms with E-state index in [2.05, 4.69) is 22.3 Å². The van der Waals surface area contributed by atoms with Gasteiger partial charge in [-0.2, -0.15) is 5.10 Å². The molecule has 0 radical (unpaired) electrons. The van der Waals surface area contributed by atoms with Gasteiger partial charge < -0.3 is 10.2 Å². The summed E-state index contributed by atoms with van der Waals surface area (Å²) in [5, 5.41) is 7.29. The maximum absolute atomic E-state index is 13.2. The molecule has 1 fully saturated rings. The van der Waals surface area contributed by atoms with Gasteiger partial charge >= 0.3 is 0 Å². The Balaban J connectivity index is 1.81. The van der Waals surface area contributed by atoms with Crippen LogP contribution in [0, 0.1) is 6.92 Å². The molecule has 0 spiro atoms. The molecular formula is C19H25N5O2. The molecule has 0 unspecified atom stereocenters. The van der Waals surface area contributed by atoms with Crippen molar-refractivity contribution in [2.24, 2.45) is 0 Å². The molecule has 3 rings (SSSR count). The number of nitrogens with zero attached hydrogens (tertiary/aromatic N) is 4. The van der Waals surface area contributed by atoms with Crippen molar-refractivity contribution in [1.29, 1.82) is 0 Å². The van der Waals surface area contributed by atoms with Gasteiger partial charge in [0.1, 0.15) is 0 Å². The summed E-state index contributed by atoms with van der Waals surface area (Å²) in [6.07, 6.45) is 7.36. The van der Waals surface area contributed by atoms with Crippen molar-refractivity contribution < 1.29 is 9.59 Å². The van der Waals surface area contributed by atoms with Crippen molar-refractivity contribution in [3.8, 4) is 0 Å². The highest BCUT2D eigenvalue weighted by Crippen LogP contribution is 2.16. The first kappa shape index (κ1) is 18.1. The van der Waals surface area contributed by atoms with Crippen molar-refractivity contribution in [2.75, 3.05) is 6.54 Å². The maximum Gasteiger partial charge on any atom is 0.257 e. The smallest absolute Gasteiger partial charge is 0.257 e. The van der Waals surface area contributed by atoms with Crippen molar-refractivity contribution in [3.63, 3.8) is 0 Å². The summed E-state index contributed by atoms with van der Waals surface area (Å²) in [5.74, 6) is -0.00872. The van der Waals surface area contributed by atoms with Gasteiger partial charge in [0.2, 0.25) is 5.91 Å². The van der Waals surface area contributed by atoms with Gasteiger partial charge in [-0.3, -0.25) is 19.3 Å². The Bertz CT molecular complexity index is 771. The molecule has 0 aliphatic carbocycles. The fraction of sp³-hybridized carbons (Fsp3) is 0.474. The van der Waals surface area contributed by atoms with Crippen molar-refractivity contribution >= 4 is 11.8 Å². The summed E-state index contributed by atoms with van der Waals surface area (Å²) in [7, 11) is 0. The fourth-order valence-corrected chi connectivity index (χ4v) is 3.28. The molecule has 1 aliphatic heterocycles. The molecular weight excluding hydrogens is 330 g/mol. The third-order valence-electron chi connectivity index (χ3n) is 4.68. The second kappa shape index (κ2) is 8.12. The summed E-state index contributed by atoms with van der Waals surface area (Å²) in [4.78, 5) is 30.6. The molecule has 3 heterocycles. The van der Waals surface area contributed by atoms with E-state index in [1.54, 1.807) is 23.5 Å². The van der Waals surface area contributed by atoms with Gasteiger partial charge in [0, 0.05) is 50.2 Å². The minimum atomic E-state index is -0.0603. The first-order chi connectivity index (χ1) is 12.6. The average molecular weight is 355 g/mol. The van der Waals surface area contributed by atoms with Crippen LogP contribution in [0.2, 0.25) is 0 Å². The predicted molar refractivity (Wildman–Crippen MR) is 97.4 cm³/mol. The molecule has 0 saturated carbocycles. The lowest BCUT2D eigenvalue weighted by Gasteiger charge is -2.26. The molecule has 1 aliphatic rings. The van der Waals surface area contributed by atoms with E-state index in [0.717, 1.165) is 30.6 Å². The minimum Gasteiger partial charge on any atom is -0.352 e. The van der Waals surface area contributed by atoms with Crippen LogP contribution in [0.25, 0.3) is 0 Å². The third-order valence-corrected chi connectivity index (χ3v) is 4.68. The Kier molecular flexibility index (Phi) is 5.65. The number of hydrogen-bond donors (Lipinski definition) is 1. The zero-order valence-electron chi connectivity index (χ0n) is 15.3. The number of nitrogens with one attached hydrogen (secondary N) is 1. The first-order valence-electron chi connectivity index (χ1n) is 9.08. The molecule has 7 nitrogen and oxygen atoms in total. The quantitative estimate of drug-likeness (QED) is 0.823.